The second-order valence-electron chi connectivity index (χ2n) is 13.8. The molecule has 0 aliphatic heterocycles. The summed E-state index contributed by atoms with van der Waals surface area (Å²) in [6.45, 7) is 12.1. The summed E-state index contributed by atoms with van der Waals surface area (Å²) in [6, 6.07) is 31.2. The molecule has 0 aliphatic carbocycles. The number of aromatic hydroxyl groups is 1. The van der Waals surface area contributed by atoms with Gasteiger partial charge in [0.1, 0.15) is 28.1 Å². The third-order valence-corrected chi connectivity index (χ3v) is 12.1. The quantitative estimate of drug-likeness (QED) is 0.0736. The molecule has 2 atom stereocenters. The number of hydrogen-bond donors (Lipinski definition) is 1. The minimum Gasteiger partial charge on any atom is -0.508 e. The van der Waals surface area contributed by atoms with Crippen LogP contribution in [0.15, 0.2) is 97.1 Å². The summed E-state index contributed by atoms with van der Waals surface area (Å²) in [5, 5.41) is 11.2. The molecule has 0 amide bonds. The van der Waals surface area contributed by atoms with Gasteiger partial charge in [0.05, 0.1) is 61.0 Å². The number of aryl methyl sites for hydroxylation is 4. The molecule has 0 fully saturated rings. The molecule has 0 bridgehead atoms. The Hall–Kier alpha value is -5.91. The monoisotopic (exact) mass is 874 g/mol. The Morgan fingerprint density at radius 1 is 0.639 bits per heavy atom. The van der Waals surface area contributed by atoms with E-state index in [0.717, 1.165) is 53.6 Å². The standard InChI is InChI=1S/C25H25NO3S.C13H14O3.C12H12ClNS/c1-5-6-21(15-24(27)28-4)19-11-13-22(14-12-19)29-16-23-18(3)26-25(30-23)20-9-7-17(2)8-10-20;1-3-4-11(9-13(15)16-2)10-5-7-12(14)8-6-10;1-8-3-5-10(6-4-8)12-14-9(2)11(7-13)15-12/h7-14,21H,15-16H2,1-4H3;5-8,11,14H,9H2,1-2H3;3-6H,7H2,1-2H3/t21-;11-;/m00./s1. The van der Waals surface area contributed by atoms with Crippen LogP contribution in [-0.4, -0.2) is 41.2 Å². The van der Waals surface area contributed by atoms with Gasteiger partial charge in [0.25, 0.3) is 0 Å². The van der Waals surface area contributed by atoms with Gasteiger partial charge >= 0.3 is 11.9 Å². The molecular weight excluding hydrogens is 824 g/mol. The molecule has 0 saturated carbocycles. The number of nitrogens with zero attached hydrogens (tertiary/aromatic N) is 2. The number of alkyl halides is 1. The van der Waals surface area contributed by atoms with Gasteiger partial charge in [-0.1, -0.05) is 95.8 Å². The number of methoxy groups -OCH3 is 2. The Morgan fingerprint density at radius 3 is 1.44 bits per heavy atom. The van der Waals surface area contributed by atoms with Gasteiger partial charge in [-0.2, -0.15) is 0 Å². The van der Waals surface area contributed by atoms with E-state index in [4.69, 9.17) is 31.2 Å². The van der Waals surface area contributed by atoms with Gasteiger partial charge in [-0.25, -0.2) is 9.97 Å². The van der Waals surface area contributed by atoms with E-state index in [1.54, 1.807) is 60.8 Å². The van der Waals surface area contributed by atoms with E-state index in [1.807, 2.05) is 38.1 Å². The van der Waals surface area contributed by atoms with Crippen LogP contribution in [0.5, 0.6) is 11.5 Å². The lowest BCUT2D eigenvalue weighted by molar-refractivity contribution is -0.141. The van der Waals surface area contributed by atoms with Crippen LogP contribution in [0.2, 0.25) is 0 Å². The number of phenolic OH excluding ortho intramolecular Hbond substituents is 1. The number of carbonyl (C=O) groups is 2. The van der Waals surface area contributed by atoms with Gasteiger partial charge in [-0.15, -0.1) is 46.1 Å². The summed E-state index contributed by atoms with van der Waals surface area (Å²) in [6.07, 6.45) is 0.460. The molecule has 0 radical (unpaired) electrons. The molecule has 8 nitrogen and oxygen atoms in total. The van der Waals surface area contributed by atoms with Crippen molar-refractivity contribution in [2.45, 2.75) is 78.7 Å². The zero-order chi connectivity index (χ0) is 44.3. The van der Waals surface area contributed by atoms with Crippen LogP contribution in [0.1, 0.15) is 81.9 Å². The average molecular weight is 876 g/mol. The number of phenols is 1. The van der Waals surface area contributed by atoms with E-state index in [0.29, 0.717) is 12.5 Å². The maximum absolute atomic E-state index is 11.6. The first kappa shape index (κ1) is 47.8. The van der Waals surface area contributed by atoms with Crippen LogP contribution in [0.4, 0.5) is 0 Å². The normalized spacial score (nSPS) is 11.1. The maximum atomic E-state index is 11.6. The van der Waals surface area contributed by atoms with E-state index in [-0.39, 0.29) is 42.4 Å². The van der Waals surface area contributed by atoms with E-state index >= 15 is 0 Å². The van der Waals surface area contributed by atoms with Gasteiger partial charge in [0.2, 0.25) is 0 Å². The van der Waals surface area contributed by atoms with Crippen molar-refractivity contribution in [1.82, 2.24) is 9.97 Å². The van der Waals surface area contributed by atoms with Crippen LogP contribution < -0.4 is 4.74 Å². The van der Waals surface area contributed by atoms with Gasteiger partial charge in [-0.05, 0) is 76.9 Å². The fraction of sp³-hybridized carbons (Fsp3) is 0.280. The zero-order valence-corrected chi connectivity index (χ0v) is 38.2. The topological polar surface area (TPSA) is 108 Å². The molecule has 6 rings (SSSR count). The van der Waals surface area contributed by atoms with Crippen LogP contribution in [0.3, 0.4) is 0 Å². The number of esters is 2. The van der Waals surface area contributed by atoms with Crippen molar-refractivity contribution >= 4 is 46.2 Å². The third kappa shape index (κ3) is 14.9. The van der Waals surface area contributed by atoms with Crippen molar-refractivity contribution in [3.05, 3.63) is 140 Å². The van der Waals surface area contributed by atoms with Crippen molar-refractivity contribution in [2.24, 2.45) is 0 Å². The first-order valence-electron chi connectivity index (χ1n) is 19.5. The molecule has 4 aromatic carbocycles. The van der Waals surface area contributed by atoms with E-state index < -0.39 is 0 Å². The Morgan fingerprint density at radius 2 is 1.05 bits per heavy atom. The summed E-state index contributed by atoms with van der Waals surface area (Å²) in [5.41, 5.74) is 8.70. The third-order valence-electron chi connectivity index (χ3n) is 9.29. The number of ether oxygens (including phenoxy) is 3. The van der Waals surface area contributed by atoms with Crippen LogP contribution in [0, 0.1) is 51.4 Å². The number of halogens is 1. The smallest absolute Gasteiger partial charge is 0.307 e. The van der Waals surface area contributed by atoms with Crippen molar-refractivity contribution < 1.29 is 28.9 Å². The molecule has 2 aromatic heterocycles. The molecule has 11 heteroatoms. The van der Waals surface area contributed by atoms with Gasteiger partial charge < -0.3 is 19.3 Å². The van der Waals surface area contributed by atoms with Crippen LogP contribution in [-0.2, 0) is 31.5 Å². The number of hydrogen-bond acceptors (Lipinski definition) is 10. The summed E-state index contributed by atoms with van der Waals surface area (Å²) in [5.74, 6) is 12.3. The average Bonchev–Trinajstić information content (AvgIpc) is 3.84. The Labute approximate surface area is 373 Å². The number of thiazole rings is 2. The van der Waals surface area contributed by atoms with Gasteiger partial charge in [0, 0.05) is 16.0 Å². The SMILES string of the molecule is CC#C[C@@H](CC(=O)OC)c1ccc(O)cc1.CC#C[C@@H](CC(=O)OC)c1ccc(OCc2sc(-c3ccc(C)cc3)nc2C)cc1.Cc1ccc(-c2nc(C)c(CCl)s2)cc1. The number of benzene rings is 4. The molecule has 0 unspecified atom stereocenters. The highest BCUT2D eigenvalue weighted by atomic mass is 35.5. The summed E-state index contributed by atoms with van der Waals surface area (Å²) < 4.78 is 15.4. The van der Waals surface area contributed by atoms with Gasteiger partial charge in [-0.3, -0.25) is 9.59 Å². The Kier molecular flexibility index (Phi) is 19.1. The second kappa shape index (κ2) is 24.4. The highest BCUT2D eigenvalue weighted by Gasteiger charge is 2.16. The van der Waals surface area contributed by atoms with E-state index in [1.165, 1.54) is 30.9 Å². The van der Waals surface area contributed by atoms with Gasteiger partial charge in [0.15, 0.2) is 0 Å². The van der Waals surface area contributed by atoms with Crippen molar-refractivity contribution in [3.8, 4) is 56.3 Å². The lowest BCUT2D eigenvalue weighted by Gasteiger charge is -2.11. The molecular formula is C50H51ClN2O6S2. The van der Waals surface area contributed by atoms with Crippen molar-refractivity contribution in [2.75, 3.05) is 14.2 Å². The Bertz CT molecular complexity index is 2450. The first-order chi connectivity index (χ1) is 29.4. The second-order valence-corrected chi connectivity index (χ2v) is 16.3. The lowest BCUT2D eigenvalue weighted by atomic mass is 9.96. The molecule has 1 N–H and O–H groups in total. The number of rotatable bonds is 12. The lowest BCUT2D eigenvalue weighted by Crippen LogP contribution is -2.07. The fourth-order valence-electron chi connectivity index (χ4n) is 5.76. The number of aromatic nitrogens is 2. The van der Waals surface area contributed by atoms with Crippen molar-refractivity contribution in [3.63, 3.8) is 0 Å². The van der Waals surface area contributed by atoms with Crippen LogP contribution in [0.25, 0.3) is 21.1 Å². The Balaban J connectivity index is 0.000000222. The number of carbonyl (C=O) groups excluding carboxylic acids is 2. The molecule has 0 aliphatic rings. The minimum atomic E-state index is -0.291. The van der Waals surface area contributed by atoms with Crippen molar-refractivity contribution in [1.29, 1.82) is 0 Å². The van der Waals surface area contributed by atoms with E-state index in [9.17, 15) is 9.59 Å². The van der Waals surface area contributed by atoms with E-state index in [2.05, 4.69) is 95.8 Å². The zero-order valence-electron chi connectivity index (χ0n) is 35.8. The highest BCUT2D eigenvalue weighted by Crippen LogP contribution is 2.31. The summed E-state index contributed by atoms with van der Waals surface area (Å²) in [7, 11) is 2.75. The van der Waals surface area contributed by atoms with Crippen LogP contribution >= 0.6 is 34.3 Å². The largest absolute Gasteiger partial charge is 0.508 e. The molecule has 61 heavy (non-hydrogen) atoms. The predicted molar refractivity (Wildman–Crippen MR) is 248 cm³/mol. The highest BCUT2D eigenvalue weighted by molar-refractivity contribution is 7.15. The molecule has 0 saturated heterocycles. The summed E-state index contributed by atoms with van der Waals surface area (Å²) in [4.78, 5) is 34.3. The molecule has 0 spiro atoms. The summed E-state index contributed by atoms with van der Waals surface area (Å²) >= 11 is 9.16. The maximum Gasteiger partial charge on any atom is 0.307 e. The first-order valence-corrected chi connectivity index (χ1v) is 21.7. The molecule has 6 aromatic rings. The fourth-order valence-corrected chi connectivity index (χ4v) is 8.01. The molecule has 2 heterocycles. The predicted octanol–water partition coefficient (Wildman–Crippen LogP) is 11.9. The minimum absolute atomic E-state index is 0.182. The molecule has 316 valence electrons.